The predicted molar refractivity (Wildman–Crippen MR) is 49.0 cm³/mol. The van der Waals surface area contributed by atoms with E-state index in [-0.39, 0.29) is 17.9 Å². The van der Waals surface area contributed by atoms with Crippen LogP contribution in [0.5, 0.6) is 11.5 Å². The van der Waals surface area contributed by atoms with Crippen molar-refractivity contribution in [3.8, 4) is 11.5 Å². The van der Waals surface area contributed by atoms with E-state index in [9.17, 15) is 9.90 Å². The number of ether oxygens (including phenoxy) is 1. The Balaban J connectivity index is 2.83. The van der Waals surface area contributed by atoms with Crippen molar-refractivity contribution in [1.29, 1.82) is 0 Å². The lowest BCUT2D eigenvalue weighted by Gasteiger charge is -2.04. The number of phenols is 1. The summed E-state index contributed by atoms with van der Waals surface area (Å²) >= 11 is 5.59. The van der Waals surface area contributed by atoms with Crippen LogP contribution < -0.4 is 4.74 Å². The quantitative estimate of drug-likeness (QED) is 0.589. The fourth-order valence-corrected chi connectivity index (χ4v) is 0.938. The molecule has 0 fully saturated rings. The lowest BCUT2D eigenvalue weighted by Crippen LogP contribution is -2.05. The third-order valence-corrected chi connectivity index (χ3v) is 1.67. The molecule has 0 amide bonds. The van der Waals surface area contributed by atoms with Gasteiger partial charge in [-0.1, -0.05) is 18.5 Å². The molecule has 0 bridgehead atoms. The molecule has 0 heterocycles. The zero-order valence-electron chi connectivity index (χ0n) is 7.08. The number of phenolic OH excluding ortho intramolecular Hbond substituents is 1. The number of esters is 1. The van der Waals surface area contributed by atoms with Gasteiger partial charge in [-0.25, -0.2) is 0 Å². The van der Waals surface area contributed by atoms with Gasteiger partial charge >= 0.3 is 5.97 Å². The second-order valence-corrected chi connectivity index (χ2v) is 2.88. The molecule has 1 rings (SSSR count). The maximum atomic E-state index is 10.9. The summed E-state index contributed by atoms with van der Waals surface area (Å²) in [5.74, 6) is -0.386. The minimum absolute atomic E-state index is 0.130. The van der Waals surface area contributed by atoms with Crippen molar-refractivity contribution in [3.05, 3.63) is 23.2 Å². The Kier molecular flexibility index (Phi) is 3.14. The van der Waals surface area contributed by atoms with Crippen molar-refractivity contribution < 1.29 is 14.6 Å². The first kappa shape index (κ1) is 9.86. The van der Waals surface area contributed by atoms with Gasteiger partial charge in [0.1, 0.15) is 0 Å². The van der Waals surface area contributed by atoms with Gasteiger partial charge in [-0.2, -0.15) is 0 Å². The maximum Gasteiger partial charge on any atom is 0.311 e. The summed E-state index contributed by atoms with van der Waals surface area (Å²) in [7, 11) is 0. The van der Waals surface area contributed by atoms with E-state index in [1.165, 1.54) is 12.1 Å². The molecule has 0 radical (unpaired) electrons. The molecular formula is C9H9ClO3. The number of hydrogen-bond acceptors (Lipinski definition) is 3. The molecule has 0 unspecified atom stereocenters. The Morgan fingerprint density at radius 3 is 2.85 bits per heavy atom. The Morgan fingerprint density at radius 2 is 2.31 bits per heavy atom. The van der Waals surface area contributed by atoms with E-state index in [4.69, 9.17) is 16.3 Å². The standard InChI is InChI=1S/C9H9ClO3/c1-2-9(12)13-8-4-3-6(10)5-7(8)11/h3-5,11H,2H2,1H3. The van der Waals surface area contributed by atoms with Crippen molar-refractivity contribution in [3.63, 3.8) is 0 Å². The zero-order chi connectivity index (χ0) is 9.84. The van der Waals surface area contributed by atoms with Crippen molar-refractivity contribution in [2.45, 2.75) is 13.3 Å². The number of rotatable bonds is 2. The van der Waals surface area contributed by atoms with Gasteiger partial charge in [-0.3, -0.25) is 4.79 Å². The number of hydrogen-bond donors (Lipinski definition) is 1. The molecular weight excluding hydrogens is 192 g/mol. The number of carbonyl (C=O) groups excluding carboxylic acids is 1. The molecule has 4 heteroatoms. The van der Waals surface area contributed by atoms with Crippen LogP contribution in [0.3, 0.4) is 0 Å². The molecule has 13 heavy (non-hydrogen) atoms. The topological polar surface area (TPSA) is 46.5 Å². The number of carbonyl (C=O) groups is 1. The van der Waals surface area contributed by atoms with Gasteiger partial charge in [0.15, 0.2) is 11.5 Å². The summed E-state index contributed by atoms with van der Waals surface area (Å²) < 4.78 is 4.80. The molecule has 0 aliphatic carbocycles. The van der Waals surface area contributed by atoms with Crippen LogP contribution in [0, 0.1) is 0 Å². The van der Waals surface area contributed by atoms with Crippen LogP contribution in [0.15, 0.2) is 18.2 Å². The highest BCUT2D eigenvalue weighted by molar-refractivity contribution is 6.30. The van der Waals surface area contributed by atoms with Crippen LogP contribution in [-0.2, 0) is 4.79 Å². The largest absolute Gasteiger partial charge is 0.504 e. The number of benzene rings is 1. The van der Waals surface area contributed by atoms with E-state index in [0.717, 1.165) is 0 Å². The minimum atomic E-state index is -0.391. The molecule has 0 saturated heterocycles. The van der Waals surface area contributed by atoms with Crippen molar-refractivity contribution in [1.82, 2.24) is 0 Å². The van der Waals surface area contributed by atoms with Gasteiger partial charge in [0.05, 0.1) is 0 Å². The van der Waals surface area contributed by atoms with E-state index < -0.39 is 5.97 Å². The number of aromatic hydroxyl groups is 1. The third kappa shape index (κ3) is 2.63. The molecule has 0 saturated carbocycles. The molecule has 1 aromatic rings. The van der Waals surface area contributed by atoms with Gasteiger partial charge in [0.25, 0.3) is 0 Å². The molecule has 0 aromatic heterocycles. The average molecular weight is 201 g/mol. The monoisotopic (exact) mass is 200 g/mol. The third-order valence-electron chi connectivity index (χ3n) is 1.43. The fraction of sp³-hybridized carbons (Fsp3) is 0.222. The molecule has 1 N–H and O–H groups in total. The van der Waals surface area contributed by atoms with Crippen LogP contribution in [0.4, 0.5) is 0 Å². The first-order valence-corrected chi connectivity index (χ1v) is 4.20. The Hall–Kier alpha value is -1.22. The molecule has 0 atom stereocenters. The van der Waals surface area contributed by atoms with Crippen LogP contribution >= 0.6 is 11.6 Å². The first-order chi connectivity index (χ1) is 6.13. The van der Waals surface area contributed by atoms with Crippen LogP contribution in [0.25, 0.3) is 0 Å². The lowest BCUT2D eigenvalue weighted by molar-refractivity contribution is -0.134. The van der Waals surface area contributed by atoms with Crippen LogP contribution in [0.2, 0.25) is 5.02 Å². The van der Waals surface area contributed by atoms with Gasteiger partial charge < -0.3 is 9.84 Å². The van der Waals surface area contributed by atoms with Crippen molar-refractivity contribution in [2.24, 2.45) is 0 Å². The van der Waals surface area contributed by atoms with Gasteiger partial charge in [-0.05, 0) is 12.1 Å². The first-order valence-electron chi connectivity index (χ1n) is 3.82. The molecule has 3 nitrogen and oxygen atoms in total. The molecule has 1 aromatic carbocycles. The lowest BCUT2D eigenvalue weighted by atomic mass is 10.3. The van der Waals surface area contributed by atoms with Crippen molar-refractivity contribution in [2.75, 3.05) is 0 Å². The summed E-state index contributed by atoms with van der Waals surface area (Å²) in [5, 5.41) is 9.67. The Morgan fingerprint density at radius 1 is 1.62 bits per heavy atom. The van der Waals surface area contributed by atoms with E-state index in [1.807, 2.05) is 0 Å². The maximum absolute atomic E-state index is 10.9. The van der Waals surface area contributed by atoms with Gasteiger partial charge in [0, 0.05) is 17.5 Å². The second kappa shape index (κ2) is 4.14. The summed E-state index contributed by atoms with van der Waals surface area (Å²) in [6, 6.07) is 4.31. The second-order valence-electron chi connectivity index (χ2n) is 2.44. The highest BCUT2D eigenvalue weighted by atomic mass is 35.5. The fourth-order valence-electron chi connectivity index (χ4n) is 0.772. The SMILES string of the molecule is CCC(=O)Oc1ccc(Cl)cc1O. The normalized spacial score (nSPS) is 9.69. The van der Waals surface area contributed by atoms with Gasteiger partial charge in [0.2, 0.25) is 0 Å². The van der Waals surface area contributed by atoms with Crippen molar-refractivity contribution >= 4 is 17.6 Å². The predicted octanol–water partition coefficient (Wildman–Crippen LogP) is 2.36. The van der Waals surface area contributed by atoms with E-state index in [2.05, 4.69) is 0 Å². The molecule has 0 aliphatic rings. The van der Waals surface area contributed by atoms with E-state index >= 15 is 0 Å². The molecule has 0 aliphatic heterocycles. The van der Waals surface area contributed by atoms with Gasteiger partial charge in [-0.15, -0.1) is 0 Å². The van der Waals surface area contributed by atoms with E-state index in [0.29, 0.717) is 5.02 Å². The average Bonchev–Trinajstić information content (AvgIpc) is 2.09. The molecule has 70 valence electrons. The highest BCUT2D eigenvalue weighted by Gasteiger charge is 2.06. The summed E-state index contributed by atoms with van der Waals surface area (Å²) in [4.78, 5) is 10.9. The zero-order valence-corrected chi connectivity index (χ0v) is 7.84. The van der Waals surface area contributed by atoms with E-state index in [1.54, 1.807) is 13.0 Å². The number of halogens is 1. The summed E-state index contributed by atoms with van der Waals surface area (Å²) in [5.41, 5.74) is 0. The van der Waals surface area contributed by atoms with Crippen LogP contribution in [0.1, 0.15) is 13.3 Å². The highest BCUT2D eigenvalue weighted by Crippen LogP contribution is 2.28. The summed E-state index contributed by atoms with van der Waals surface area (Å²) in [6.45, 7) is 1.68. The summed E-state index contributed by atoms with van der Waals surface area (Å²) in [6.07, 6.45) is 0.266. The van der Waals surface area contributed by atoms with Crippen LogP contribution in [-0.4, -0.2) is 11.1 Å². The Labute approximate surface area is 80.9 Å². The minimum Gasteiger partial charge on any atom is -0.504 e. The Bertz CT molecular complexity index is 323. The smallest absolute Gasteiger partial charge is 0.311 e. The molecule has 0 spiro atoms.